The van der Waals surface area contributed by atoms with Gasteiger partial charge in [0.15, 0.2) is 5.65 Å². The molecule has 0 radical (unpaired) electrons. The van der Waals surface area contributed by atoms with Crippen molar-refractivity contribution in [3.63, 3.8) is 0 Å². The third-order valence-corrected chi connectivity index (χ3v) is 4.78. The van der Waals surface area contributed by atoms with E-state index in [-0.39, 0.29) is 16.9 Å². The Morgan fingerprint density at radius 1 is 1.16 bits per heavy atom. The van der Waals surface area contributed by atoms with E-state index in [1.165, 1.54) is 13.1 Å². The monoisotopic (exact) mass is 424 g/mol. The van der Waals surface area contributed by atoms with Gasteiger partial charge < -0.3 is 4.57 Å². The molecule has 0 N–H and O–H groups in total. The molecule has 156 valence electrons. The topological polar surface area (TPSA) is 43.6 Å². The lowest BCUT2D eigenvalue weighted by atomic mass is 10.0. The molecular weight excluding hydrogens is 408 g/mol. The molecule has 4 rings (SSSR count). The summed E-state index contributed by atoms with van der Waals surface area (Å²) in [6, 6.07) is 8.75. The van der Waals surface area contributed by atoms with Gasteiger partial charge in [0.1, 0.15) is 5.83 Å². The summed E-state index contributed by atoms with van der Waals surface area (Å²) in [7, 11) is 0. The van der Waals surface area contributed by atoms with Gasteiger partial charge in [-0.1, -0.05) is 12.7 Å². The summed E-state index contributed by atoms with van der Waals surface area (Å²) >= 11 is 0. The van der Waals surface area contributed by atoms with Crippen LogP contribution >= 0.6 is 0 Å². The average molecular weight is 424 g/mol. The van der Waals surface area contributed by atoms with Crippen LogP contribution in [-0.4, -0.2) is 25.7 Å². The maximum atomic E-state index is 14.7. The zero-order chi connectivity index (χ0) is 22.2. The van der Waals surface area contributed by atoms with Crippen LogP contribution in [-0.2, 0) is 0 Å². The van der Waals surface area contributed by atoms with Gasteiger partial charge in [0.25, 0.3) is 0 Å². The molecule has 31 heavy (non-hydrogen) atoms. The summed E-state index contributed by atoms with van der Waals surface area (Å²) in [5, 5.41) is 1.54. The fourth-order valence-electron chi connectivity index (χ4n) is 3.25. The number of pyridine rings is 3. The molecule has 0 aliphatic carbocycles. The van der Waals surface area contributed by atoms with E-state index < -0.39 is 17.6 Å². The molecule has 0 spiro atoms. The van der Waals surface area contributed by atoms with Crippen LogP contribution in [0.2, 0.25) is 0 Å². The Labute approximate surface area is 174 Å². The first-order valence-corrected chi connectivity index (χ1v) is 9.27. The van der Waals surface area contributed by atoms with Gasteiger partial charge >= 0.3 is 6.18 Å². The SMILES string of the molecule is C=C(/C=C(\C(F)=C/C)c1cc(-n2ccc3cnccc32)c2cccnc2n1)C(F)(F)F. The minimum absolute atomic E-state index is 0.0121. The molecule has 0 atom stereocenters. The molecule has 4 nitrogen and oxygen atoms in total. The highest BCUT2D eigenvalue weighted by Gasteiger charge is 2.31. The highest BCUT2D eigenvalue weighted by atomic mass is 19.4. The number of hydrogen-bond acceptors (Lipinski definition) is 3. The molecule has 4 heterocycles. The van der Waals surface area contributed by atoms with Crippen LogP contribution in [0.1, 0.15) is 12.6 Å². The molecule has 0 aromatic carbocycles. The lowest BCUT2D eigenvalue weighted by Crippen LogP contribution is -2.09. The van der Waals surface area contributed by atoms with Crippen LogP contribution in [0.5, 0.6) is 0 Å². The third-order valence-electron chi connectivity index (χ3n) is 4.78. The van der Waals surface area contributed by atoms with Gasteiger partial charge in [-0.3, -0.25) is 4.98 Å². The van der Waals surface area contributed by atoms with Crippen molar-refractivity contribution < 1.29 is 17.6 Å². The first-order valence-electron chi connectivity index (χ1n) is 9.27. The summed E-state index contributed by atoms with van der Waals surface area (Å²) in [4.78, 5) is 12.7. The smallest absolute Gasteiger partial charge is 0.316 e. The molecule has 0 aliphatic rings. The van der Waals surface area contributed by atoms with Crippen LogP contribution in [0.4, 0.5) is 17.6 Å². The number of nitrogens with zero attached hydrogens (tertiary/aromatic N) is 4. The standard InChI is InChI=1S/C23H16F4N4/c1-3-18(24)17(11-14(2)23(25,26)27)19-12-21(16-5-4-8-29-22(16)30-19)31-10-7-15-13-28-9-6-20(15)31/h3-13H,2H2,1H3/b17-11+,18-3+. The van der Waals surface area contributed by atoms with Crippen molar-refractivity contribution in [1.82, 2.24) is 19.5 Å². The van der Waals surface area contributed by atoms with Crippen LogP contribution in [0.25, 0.3) is 33.2 Å². The van der Waals surface area contributed by atoms with Gasteiger partial charge in [-0.15, -0.1) is 0 Å². The summed E-state index contributed by atoms with van der Waals surface area (Å²) in [5.41, 5.74) is 0.213. The molecule has 8 heteroatoms. The third kappa shape index (κ3) is 3.84. The lowest BCUT2D eigenvalue weighted by Gasteiger charge is -2.14. The summed E-state index contributed by atoms with van der Waals surface area (Å²) in [6.07, 6.45) is 3.71. The van der Waals surface area contributed by atoms with E-state index in [9.17, 15) is 17.6 Å². The molecule has 0 bridgehead atoms. The normalized spacial score (nSPS) is 13.2. The predicted octanol–water partition coefficient (Wildman–Crippen LogP) is 6.34. The Kier molecular flexibility index (Phi) is 5.14. The molecule has 0 amide bonds. The van der Waals surface area contributed by atoms with Crippen molar-refractivity contribution >= 4 is 27.5 Å². The highest BCUT2D eigenvalue weighted by molar-refractivity contribution is 5.91. The summed E-state index contributed by atoms with van der Waals surface area (Å²) in [5.74, 6) is -0.847. The molecular formula is C23H16F4N4. The van der Waals surface area contributed by atoms with Crippen LogP contribution < -0.4 is 0 Å². The van der Waals surface area contributed by atoms with E-state index in [2.05, 4.69) is 21.5 Å². The molecule has 4 aromatic rings. The number of allylic oxidation sites excluding steroid dienone is 5. The van der Waals surface area contributed by atoms with Crippen molar-refractivity contribution in [1.29, 1.82) is 0 Å². The van der Waals surface area contributed by atoms with Gasteiger partial charge in [-0.05, 0) is 43.3 Å². The largest absolute Gasteiger partial charge is 0.415 e. The molecule has 0 aliphatic heterocycles. The van der Waals surface area contributed by atoms with Gasteiger partial charge in [-0.25, -0.2) is 14.4 Å². The van der Waals surface area contributed by atoms with Gasteiger partial charge in [0.2, 0.25) is 0 Å². The Balaban J connectivity index is 2.01. The zero-order valence-electron chi connectivity index (χ0n) is 16.4. The number of rotatable bonds is 4. The van der Waals surface area contributed by atoms with E-state index in [4.69, 9.17) is 0 Å². The number of fused-ring (bicyclic) bond motifs is 2. The fourth-order valence-corrected chi connectivity index (χ4v) is 3.25. The van der Waals surface area contributed by atoms with Crippen LogP contribution in [0.15, 0.2) is 85.3 Å². The second-order valence-corrected chi connectivity index (χ2v) is 6.74. The quantitative estimate of drug-likeness (QED) is 0.283. The molecule has 0 saturated carbocycles. The number of alkyl halides is 3. The minimum atomic E-state index is -4.69. The van der Waals surface area contributed by atoms with E-state index in [0.29, 0.717) is 17.1 Å². The average Bonchev–Trinajstić information content (AvgIpc) is 3.19. The Hall–Kier alpha value is -3.81. The Morgan fingerprint density at radius 3 is 2.71 bits per heavy atom. The van der Waals surface area contributed by atoms with Crippen molar-refractivity contribution in [2.75, 3.05) is 0 Å². The molecule has 0 fully saturated rings. The predicted molar refractivity (Wildman–Crippen MR) is 112 cm³/mol. The van der Waals surface area contributed by atoms with Crippen molar-refractivity contribution in [3.05, 3.63) is 90.9 Å². The first-order chi connectivity index (χ1) is 14.8. The second kappa shape index (κ2) is 7.79. The van der Waals surface area contributed by atoms with Crippen molar-refractivity contribution in [2.45, 2.75) is 13.1 Å². The fraction of sp³-hybridized carbons (Fsp3) is 0.0870. The molecule has 0 unspecified atom stereocenters. The minimum Gasteiger partial charge on any atom is -0.316 e. The van der Waals surface area contributed by atoms with Gasteiger partial charge in [-0.2, -0.15) is 13.2 Å². The molecule has 4 aromatic heterocycles. The summed E-state index contributed by atoms with van der Waals surface area (Å²) < 4.78 is 55.8. The zero-order valence-corrected chi connectivity index (χ0v) is 16.4. The second-order valence-electron chi connectivity index (χ2n) is 6.74. The van der Waals surface area contributed by atoms with Crippen molar-refractivity contribution in [2.24, 2.45) is 0 Å². The maximum absolute atomic E-state index is 14.7. The maximum Gasteiger partial charge on any atom is 0.415 e. The van der Waals surface area contributed by atoms with Crippen molar-refractivity contribution in [3.8, 4) is 5.69 Å². The van der Waals surface area contributed by atoms with E-state index in [0.717, 1.165) is 17.0 Å². The summed E-state index contributed by atoms with van der Waals surface area (Å²) in [6.45, 7) is 4.43. The first kappa shape index (κ1) is 20.5. The number of aromatic nitrogens is 4. The Morgan fingerprint density at radius 2 is 1.97 bits per heavy atom. The van der Waals surface area contributed by atoms with E-state index in [1.54, 1.807) is 30.6 Å². The van der Waals surface area contributed by atoms with Crippen LogP contribution in [0, 0.1) is 0 Å². The Bertz CT molecular complexity index is 1360. The number of hydrogen-bond donors (Lipinski definition) is 0. The van der Waals surface area contributed by atoms with E-state index >= 15 is 0 Å². The molecule has 0 saturated heterocycles. The van der Waals surface area contributed by atoms with Gasteiger partial charge in [0.05, 0.1) is 16.9 Å². The lowest BCUT2D eigenvalue weighted by molar-refractivity contribution is -0.0877. The van der Waals surface area contributed by atoms with E-state index in [1.807, 2.05) is 22.9 Å². The highest BCUT2D eigenvalue weighted by Crippen LogP contribution is 2.34. The van der Waals surface area contributed by atoms with Crippen LogP contribution in [0.3, 0.4) is 0 Å². The number of halogens is 4. The van der Waals surface area contributed by atoms with Gasteiger partial charge in [0, 0.05) is 46.7 Å².